The zero-order valence-electron chi connectivity index (χ0n) is 15.5. The van der Waals surface area contributed by atoms with Crippen molar-refractivity contribution >= 4 is 41.7 Å². The van der Waals surface area contributed by atoms with Crippen LogP contribution in [0.15, 0.2) is 34.2 Å². The summed E-state index contributed by atoms with van der Waals surface area (Å²) in [6, 6.07) is 8.64. The molecule has 0 unspecified atom stereocenters. The highest BCUT2D eigenvalue weighted by Gasteiger charge is 2.09. The molecule has 25 heavy (non-hydrogen) atoms. The van der Waals surface area contributed by atoms with Gasteiger partial charge in [-0.05, 0) is 37.8 Å². The Kier molecular flexibility index (Phi) is 9.26. The second-order valence-electron chi connectivity index (χ2n) is 5.60. The number of hydrogen-bond donors (Lipinski definition) is 1. The van der Waals surface area contributed by atoms with Crippen molar-refractivity contribution in [1.29, 1.82) is 0 Å². The van der Waals surface area contributed by atoms with Gasteiger partial charge in [0.25, 0.3) is 0 Å². The summed E-state index contributed by atoms with van der Waals surface area (Å²) in [5, 5.41) is 11.6. The van der Waals surface area contributed by atoms with Crippen molar-refractivity contribution in [3.63, 3.8) is 0 Å². The van der Waals surface area contributed by atoms with Crippen LogP contribution >= 0.6 is 35.7 Å². The van der Waals surface area contributed by atoms with Crippen LogP contribution in [0.3, 0.4) is 0 Å². The third kappa shape index (κ3) is 6.18. The Hall–Kier alpha value is -1.29. The summed E-state index contributed by atoms with van der Waals surface area (Å²) >= 11 is 1.76. The van der Waals surface area contributed by atoms with E-state index in [1.54, 1.807) is 11.8 Å². The minimum Gasteiger partial charge on any atom is -0.357 e. The summed E-state index contributed by atoms with van der Waals surface area (Å²) in [7, 11) is 4.01. The van der Waals surface area contributed by atoms with Crippen LogP contribution in [0.5, 0.6) is 0 Å². The van der Waals surface area contributed by atoms with Crippen LogP contribution in [0.1, 0.15) is 24.1 Å². The molecule has 0 atom stereocenters. The molecule has 2 rings (SSSR count). The number of aryl methyl sites for hydroxylation is 1. The van der Waals surface area contributed by atoms with E-state index in [2.05, 4.69) is 57.9 Å². The molecule has 1 heterocycles. The highest BCUT2D eigenvalue weighted by atomic mass is 127. The Bertz CT molecular complexity index is 683. The Morgan fingerprint density at radius 2 is 1.96 bits per heavy atom. The van der Waals surface area contributed by atoms with Gasteiger partial charge in [0.1, 0.15) is 12.4 Å². The first-order chi connectivity index (χ1) is 11.5. The third-order valence-electron chi connectivity index (χ3n) is 3.83. The van der Waals surface area contributed by atoms with E-state index in [-0.39, 0.29) is 24.0 Å². The molecule has 0 aliphatic heterocycles. The SMILES string of the molecule is CCNC(=NCc1nnc(C)n1C)N(C)Cc1ccc(SC)cc1.I. The molecule has 1 aromatic heterocycles. The Morgan fingerprint density at radius 1 is 1.28 bits per heavy atom. The molecule has 138 valence electrons. The second kappa shape index (κ2) is 10.6. The van der Waals surface area contributed by atoms with Gasteiger partial charge in [-0.3, -0.25) is 0 Å². The summed E-state index contributed by atoms with van der Waals surface area (Å²) in [5.74, 6) is 2.63. The summed E-state index contributed by atoms with van der Waals surface area (Å²) in [5.41, 5.74) is 1.26. The summed E-state index contributed by atoms with van der Waals surface area (Å²) in [6.45, 7) is 6.15. The predicted octanol–water partition coefficient (Wildman–Crippen LogP) is 3.06. The molecule has 0 saturated carbocycles. The van der Waals surface area contributed by atoms with Crippen LogP contribution in [0.25, 0.3) is 0 Å². The molecule has 6 nitrogen and oxygen atoms in total. The highest BCUT2D eigenvalue weighted by molar-refractivity contribution is 14.0. The summed E-state index contributed by atoms with van der Waals surface area (Å²) in [4.78, 5) is 8.09. The fraction of sp³-hybridized carbons (Fsp3) is 0.471. The molecule has 2 aromatic rings. The summed E-state index contributed by atoms with van der Waals surface area (Å²) < 4.78 is 1.97. The molecule has 8 heteroatoms. The zero-order valence-corrected chi connectivity index (χ0v) is 18.6. The van der Waals surface area contributed by atoms with Crippen molar-refractivity contribution in [2.75, 3.05) is 19.8 Å². The lowest BCUT2D eigenvalue weighted by atomic mass is 10.2. The first-order valence-electron chi connectivity index (χ1n) is 8.02. The first kappa shape index (κ1) is 21.8. The molecule has 0 radical (unpaired) electrons. The van der Waals surface area contributed by atoms with Crippen molar-refractivity contribution in [3.05, 3.63) is 41.5 Å². The maximum absolute atomic E-state index is 4.69. The van der Waals surface area contributed by atoms with Gasteiger partial charge < -0.3 is 14.8 Å². The maximum Gasteiger partial charge on any atom is 0.194 e. The van der Waals surface area contributed by atoms with E-state index in [9.17, 15) is 0 Å². The predicted molar refractivity (Wildman–Crippen MR) is 116 cm³/mol. The van der Waals surface area contributed by atoms with Crippen LogP contribution in [0.4, 0.5) is 0 Å². The summed E-state index contributed by atoms with van der Waals surface area (Å²) in [6.07, 6.45) is 2.09. The molecule has 0 amide bonds. The monoisotopic (exact) mass is 474 g/mol. The average molecular weight is 474 g/mol. The molecule has 0 fully saturated rings. The van der Waals surface area contributed by atoms with Crippen LogP contribution in [-0.2, 0) is 20.1 Å². The normalized spacial score (nSPS) is 11.2. The van der Waals surface area contributed by atoms with Gasteiger partial charge in [0, 0.05) is 32.1 Å². The van der Waals surface area contributed by atoms with Crippen molar-refractivity contribution in [2.24, 2.45) is 12.0 Å². The van der Waals surface area contributed by atoms with E-state index in [0.29, 0.717) is 6.54 Å². The topological polar surface area (TPSA) is 58.3 Å². The largest absolute Gasteiger partial charge is 0.357 e. The van der Waals surface area contributed by atoms with E-state index < -0.39 is 0 Å². The average Bonchev–Trinajstić information content (AvgIpc) is 2.91. The molecule has 0 aliphatic rings. The lowest BCUT2D eigenvalue weighted by Gasteiger charge is -2.22. The fourth-order valence-electron chi connectivity index (χ4n) is 2.28. The van der Waals surface area contributed by atoms with Gasteiger partial charge in [-0.25, -0.2) is 4.99 Å². The van der Waals surface area contributed by atoms with Crippen molar-refractivity contribution in [1.82, 2.24) is 25.0 Å². The number of aromatic nitrogens is 3. The van der Waals surface area contributed by atoms with Gasteiger partial charge in [-0.15, -0.1) is 45.9 Å². The minimum atomic E-state index is 0. The number of thioether (sulfide) groups is 1. The van der Waals surface area contributed by atoms with Crippen molar-refractivity contribution < 1.29 is 0 Å². The number of aliphatic imine (C=N–C) groups is 1. The number of benzene rings is 1. The number of guanidine groups is 1. The van der Waals surface area contributed by atoms with Crippen molar-refractivity contribution in [3.8, 4) is 0 Å². The van der Waals surface area contributed by atoms with Gasteiger partial charge in [-0.2, -0.15) is 0 Å². The lowest BCUT2D eigenvalue weighted by Crippen LogP contribution is -2.38. The van der Waals surface area contributed by atoms with Gasteiger partial charge in [0.05, 0.1) is 0 Å². The number of hydrogen-bond acceptors (Lipinski definition) is 4. The molecule has 0 bridgehead atoms. The van der Waals surface area contributed by atoms with E-state index >= 15 is 0 Å². The lowest BCUT2D eigenvalue weighted by molar-refractivity contribution is 0.476. The van der Waals surface area contributed by atoms with Gasteiger partial charge >= 0.3 is 0 Å². The number of nitrogens with zero attached hydrogens (tertiary/aromatic N) is 5. The van der Waals surface area contributed by atoms with Gasteiger partial charge in [0.15, 0.2) is 11.8 Å². The standard InChI is InChI=1S/C17H26N6S.HI/c1-6-18-17(19-11-16-21-20-13(2)23(16)4)22(3)12-14-7-9-15(24-5)10-8-14;/h7-10H,6,11-12H2,1-5H3,(H,18,19);1H. The Morgan fingerprint density at radius 3 is 2.48 bits per heavy atom. The highest BCUT2D eigenvalue weighted by Crippen LogP contribution is 2.15. The Labute approximate surface area is 171 Å². The smallest absolute Gasteiger partial charge is 0.194 e. The molecular weight excluding hydrogens is 447 g/mol. The maximum atomic E-state index is 4.69. The van der Waals surface area contributed by atoms with Crippen LogP contribution in [0, 0.1) is 6.92 Å². The molecule has 0 spiro atoms. The van der Waals surface area contributed by atoms with Crippen LogP contribution in [0.2, 0.25) is 0 Å². The van der Waals surface area contributed by atoms with E-state index in [4.69, 9.17) is 4.99 Å². The number of halogens is 1. The molecule has 1 N–H and O–H groups in total. The molecule has 0 saturated heterocycles. The Balaban J connectivity index is 0.00000312. The first-order valence-corrected chi connectivity index (χ1v) is 9.24. The minimum absolute atomic E-state index is 0. The van der Waals surface area contributed by atoms with Crippen molar-refractivity contribution in [2.45, 2.75) is 31.8 Å². The quantitative estimate of drug-likeness (QED) is 0.302. The van der Waals surface area contributed by atoms with Gasteiger partial charge in [0.2, 0.25) is 0 Å². The molecule has 0 aliphatic carbocycles. The van der Waals surface area contributed by atoms with E-state index in [0.717, 1.165) is 30.7 Å². The molecular formula is C17H27IN6S. The van der Waals surface area contributed by atoms with E-state index in [1.807, 2.05) is 25.6 Å². The molecule has 1 aromatic carbocycles. The van der Waals surface area contributed by atoms with Crippen LogP contribution < -0.4 is 5.32 Å². The second-order valence-corrected chi connectivity index (χ2v) is 6.48. The third-order valence-corrected chi connectivity index (χ3v) is 4.57. The number of nitrogens with one attached hydrogen (secondary N) is 1. The fourth-order valence-corrected chi connectivity index (χ4v) is 2.69. The van der Waals surface area contributed by atoms with Crippen LogP contribution in [-0.4, -0.2) is 45.5 Å². The zero-order chi connectivity index (χ0) is 17.5. The number of rotatable bonds is 6. The van der Waals surface area contributed by atoms with Gasteiger partial charge in [-0.1, -0.05) is 12.1 Å². The van der Waals surface area contributed by atoms with E-state index in [1.165, 1.54) is 10.5 Å².